The van der Waals surface area contributed by atoms with Gasteiger partial charge in [-0.2, -0.15) is 0 Å². The number of hydrogen-bond acceptors (Lipinski definition) is 4. The van der Waals surface area contributed by atoms with Crippen LogP contribution in [0.5, 0.6) is 0 Å². The summed E-state index contributed by atoms with van der Waals surface area (Å²) in [7, 11) is -3.10. The Balaban J connectivity index is 2.19. The van der Waals surface area contributed by atoms with Crippen molar-refractivity contribution in [3.8, 4) is 0 Å². The lowest BCUT2D eigenvalue weighted by molar-refractivity contribution is 0.0982. The van der Waals surface area contributed by atoms with E-state index in [0.29, 0.717) is 11.3 Å². The van der Waals surface area contributed by atoms with E-state index in [0.717, 1.165) is 31.6 Å². The number of likely N-dealkylation sites (tertiary alicyclic amines) is 1. The molecule has 0 radical (unpaired) electrons. The quantitative estimate of drug-likeness (QED) is 0.822. The molecule has 1 N–H and O–H groups in total. The molecule has 1 fully saturated rings. The highest BCUT2D eigenvalue weighted by Gasteiger charge is 2.24. The van der Waals surface area contributed by atoms with Gasteiger partial charge in [-0.1, -0.05) is 13.0 Å². The number of allylic oxidation sites excluding steroid dienone is 3. The highest BCUT2D eigenvalue weighted by atomic mass is 32.2. The van der Waals surface area contributed by atoms with Crippen LogP contribution in [-0.2, 0) is 9.84 Å². The van der Waals surface area contributed by atoms with E-state index in [4.69, 9.17) is 0 Å². The molecule has 1 aliphatic heterocycles. The lowest BCUT2D eigenvalue weighted by Gasteiger charge is -2.34. The van der Waals surface area contributed by atoms with E-state index in [1.165, 1.54) is 6.26 Å². The average Bonchev–Trinajstić information content (AvgIpc) is 2.28. The molecule has 0 aromatic rings. The van der Waals surface area contributed by atoms with E-state index < -0.39 is 9.84 Å². The first-order valence-corrected chi connectivity index (χ1v) is 8.31. The van der Waals surface area contributed by atoms with Crippen LogP contribution < -0.4 is 0 Å². The second-order valence-electron chi connectivity index (χ2n) is 5.37. The number of sulfone groups is 1. The molecule has 2 aliphatic rings. The molecule has 0 amide bonds. The Hall–Kier alpha value is -0.810. The zero-order chi connectivity index (χ0) is 13.3. The summed E-state index contributed by atoms with van der Waals surface area (Å²) in [6.45, 7) is 3.64. The van der Waals surface area contributed by atoms with Gasteiger partial charge in [0.2, 0.25) is 0 Å². The molecule has 0 saturated carbocycles. The van der Waals surface area contributed by atoms with E-state index in [1.807, 2.05) is 6.92 Å². The number of piperidine rings is 1. The molecule has 5 heteroatoms. The predicted molar refractivity (Wildman–Crippen MR) is 71.6 cm³/mol. The molecule has 0 aromatic heterocycles. The van der Waals surface area contributed by atoms with Crippen molar-refractivity contribution in [3.63, 3.8) is 0 Å². The van der Waals surface area contributed by atoms with Gasteiger partial charge in [-0.15, -0.1) is 0 Å². The van der Waals surface area contributed by atoms with E-state index in [-0.39, 0.29) is 12.0 Å². The average molecular weight is 271 g/mol. The fourth-order valence-electron chi connectivity index (χ4n) is 2.52. The van der Waals surface area contributed by atoms with Crippen molar-refractivity contribution in [2.24, 2.45) is 5.92 Å². The summed E-state index contributed by atoms with van der Waals surface area (Å²) >= 11 is 0. The van der Waals surface area contributed by atoms with Crippen LogP contribution in [0.4, 0.5) is 0 Å². The van der Waals surface area contributed by atoms with Crippen LogP contribution in [0.2, 0.25) is 0 Å². The van der Waals surface area contributed by atoms with Crippen LogP contribution in [0.25, 0.3) is 0 Å². The van der Waals surface area contributed by atoms with Crippen molar-refractivity contribution in [3.05, 3.63) is 22.8 Å². The minimum atomic E-state index is -3.10. The van der Waals surface area contributed by atoms with Gasteiger partial charge in [-0.05, 0) is 31.3 Å². The predicted octanol–water partition coefficient (Wildman–Crippen LogP) is 1.30. The molecule has 0 aromatic carbocycles. The van der Waals surface area contributed by atoms with E-state index in [9.17, 15) is 13.5 Å². The number of rotatable bonds is 2. The lowest BCUT2D eigenvalue weighted by Crippen LogP contribution is -2.35. The highest BCUT2D eigenvalue weighted by Crippen LogP contribution is 2.28. The van der Waals surface area contributed by atoms with Crippen molar-refractivity contribution in [1.29, 1.82) is 0 Å². The standard InChI is InChI=1S/C13H21NO3S/c1-10-7-11(9-13(8-10)18(2,16)17)14-5-3-12(15)4-6-14/h7,9-10,12,15H,3-6,8H2,1-2H3/t10-/m0/s1. The lowest BCUT2D eigenvalue weighted by atomic mass is 9.99. The minimum Gasteiger partial charge on any atom is -0.393 e. The van der Waals surface area contributed by atoms with Crippen LogP contribution in [0.15, 0.2) is 22.8 Å². The van der Waals surface area contributed by atoms with Crippen molar-refractivity contribution in [2.75, 3.05) is 19.3 Å². The monoisotopic (exact) mass is 271 g/mol. The minimum absolute atomic E-state index is 0.207. The van der Waals surface area contributed by atoms with Gasteiger partial charge in [-0.3, -0.25) is 0 Å². The third-order valence-corrected chi connectivity index (χ3v) is 4.83. The maximum Gasteiger partial charge on any atom is 0.171 e. The molecule has 0 unspecified atom stereocenters. The van der Waals surface area contributed by atoms with Gasteiger partial charge in [0.25, 0.3) is 0 Å². The second-order valence-corrected chi connectivity index (χ2v) is 7.44. The Morgan fingerprint density at radius 3 is 2.50 bits per heavy atom. The van der Waals surface area contributed by atoms with Crippen LogP contribution in [-0.4, -0.2) is 43.9 Å². The van der Waals surface area contributed by atoms with Gasteiger partial charge >= 0.3 is 0 Å². The molecular formula is C13H21NO3S. The Kier molecular flexibility index (Phi) is 3.82. The summed E-state index contributed by atoms with van der Waals surface area (Å²) in [6.07, 6.45) is 7.11. The Bertz CT molecular complexity index is 470. The van der Waals surface area contributed by atoms with Crippen LogP contribution in [0.3, 0.4) is 0 Å². The fraction of sp³-hybridized carbons (Fsp3) is 0.692. The third kappa shape index (κ3) is 3.14. The van der Waals surface area contributed by atoms with Crippen molar-refractivity contribution in [2.45, 2.75) is 32.3 Å². The smallest absolute Gasteiger partial charge is 0.171 e. The first-order chi connectivity index (χ1) is 8.36. The van der Waals surface area contributed by atoms with E-state index in [2.05, 4.69) is 11.0 Å². The number of nitrogens with zero attached hydrogens (tertiary/aromatic N) is 1. The van der Waals surface area contributed by atoms with Crippen molar-refractivity contribution >= 4 is 9.84 Å². The SMILES string of the molecule is C[C@H]1C=C(N2CCC(O)CC2)C=C(S(C)(=O)=O)C1. The zero-order valence-electron chi connectivity index (χ0n) is 11.0. The molecule has 4 nitrogen and oxygen atoms in total. The molecule has 0 spiro atoms. The number of aliphatic hydroxyl groups is 1. The van der Waals surface area contributed by atoms with Gasteiger partial charge in [0.15, 0.2) is 9.84 Å². The van der Waals surface area contributed by atoms with E-state index in [1.54, 1.807) is 6.08 Å². The van der Waals surface area contributed by atoms with Gasteiger partial charge in [0.05, 0.1) is 6.10 Å². The summed E-state index contributed by atoms with van der Waals surface area (Å²) in [5, 5.41) is 9.50. The van der Waals surface area contributed by atoms with Gasteiger partial charge in [-0.25, -0.2) is 8.42 Å². The molecule has 1 heterocycles. The Labute approximate surface area is 109 Å². The molecule has 1 saturated heterocycles. The zero-order valence-corrected chi connectivity index (χ0v) is 11.8. The normalized spacial score (nSPS) is 26.8. The van der Waals surface area contributed by atoms with E-state index >= 15 is 0 Å². The van der Waals surface area contributed by atoms with Crippen molar-refractivity contribution < 1.29 is 13.5 Å². The summed E-state index contributed by atoms with van der Waals surface area (Å²) in [4.78, 5) is 2.70. The van der Waals surface area contributed by atoms with Gasteiger partial charge in [0.1, 0.15) is 0 Å². The van der Waals surface area contributed by atoms with Gasteiger partial charge in [0, 0.05) is 29.9 Å². The summed E-state index contributed by atoms with van der Waals surface area (Å²) in [5.74, 6) is 0.251. The largest absolute Gasteiger partial charge is 0.393 e. The van der Waals surface area contributed by atoms with Crippen molar-refractivity contribution in [1.82, 2.24) is 4.90 Å². The third-order valence-electron chi connectivity index (χ3n) is 3.59. The molecule has 1 aliphatic carbocycles. The Morgan fingerprint density at radius 2 is 1.94 bits per heavy atom. The molecule has 2 rings (SSSR count). The molecule has 18 heavy (non-hydrogen) atoms. The molecular weight excluding hydrogens is 250 g/mol. The van der Waals surface area contributed by atoms with Crippen LogP contribution in [0, 0.1) is 5.92 Å². The first kappa shape index (κ1) is 13.6. The van der Waals surface area contributed by atoms with Gasteiger partial charge < -0.3 is 10.0 Å². The first-order valence-electron chi connectivity index (χ1n) is 6.41. The summed E-state index contributed by atoms with van der Waals surface area (Å²) in [6, 6.07) is 0. The second kappa shape index (κ2) is 5.05. The summed E-state index contributed by atoms with van der Waals surface area (Å²) in [5.41, 5.74) is 1.00. The number of hydrogen-bond donors (Lipinski definition) is 1. The fourth-order valence-corrected chi connectivity index (χ4v) is 3.42. The molecule has 0 bridgehead atoms. The maximum absolute atomic E-state index is 11.7. The topological polar surface area (TPSA) is 57.6 Å². The van der Waals surface area contributed by atoms with Crippen LogP contribution >= 0.6 is 0 Å². The van der Waals surface area contributed by atoms with Crippen LogP contribution in [0.1, 0.15) is 26.2 Å². The molecule has 1 atom stereocenters. The summed E-state index contributed by atoms with van der Waals surface area (Å²) < 4.78 is 23.3. The maximum atomic E-state index is 11.7. The number of aliphatic hydroxyl groups excluding tert-OH is 1. The highest BCUT2D eigenvalue weighted by molar-refractivity contribution is 7.94. The Morgan fingerprint density at radius 1 is 1.33 bits per heavy atom. The molecule has 102 valence electrons.